The van der Waals surface area contributed by atoms with Crippen molar-refractivity contribution in [3.63, 3.8) is 0 Å². The van der Waals surface area contributed by atoms with Crippen molar-refractivity contribution in [3.05, 3.63) is 60.6 Å². The molecule has 33 heavy (non-hydrogen) atoms. The Bertz CT molecular complexity index is 868. The average Bonchev–Trinajstić information content (AvgIpc) is 2.80. The predicted molar refractivity (Wildman–Crippen MR) is 130 cm³/mol. The first-order valence-electron chi connectivity index (χ1n) is 11.4. The number of pyridine rings is 1. The largest absolute Gasteiger partial charge is 0.405 e. The van der Waals surface area contributed by atoms with Gasteiger partial charge in [0.1, 0.15) is 5.82 Å². The van der Waals surface area contributed by atoms with Gasteiger partial charge in [-0.15, -0.1) is 0 Å². The maximum absolute atomic E-state index is 13.0. The Morgan fingerprint density at radius 2 is 1.79 bits per heavy atom. The number of anilines is 1. The molecule has 2 fully saturated rings. The average molecular weight is 454 g/mol. The highest BCUT2D eigenvalue weighted by atomic mass is 16.2. The highest BCUT2D eigenvalue weighted by molar-refractivity contribution is 5.91. The van der Waals surface area contributed by atoms with Gasteiger partial charge in [0.25, 0.3) is 0 Å². The Labute approximate surface area is 195 Å². The molecule has 0 atom stereocenters. The SMILES string of the molecule is C=C(N)/C=C(\C=C/N)CN1CCC(C(=O)N2CCN(CC(=O)Nc3ccccn3)CC2)CC1. The summed E-state index contributed by atoms with van der Waals surface area (Å²) in [6.45, 7) is 9.19. The lowest BCUT2D eigenvalue weighted by Gasteiger charge is -2.38. The molecule has 0 aromatic carbocycles. The predicted octanol–water partition coefficient (Wildman–Crippen LogP) is 0.748. The van der Waals surface area contributed by atoms with E-state index in [0.29, 0.717) is 44.2 Å². The van der Waals surface area contributed by atoms with E-state index < -0.39 is 0 Å². The van der Waals surface area contributed by atoms with Gasteiger partial charge >= 0.3 is 0 Å². The molecule has 0 radical (unpaired) electrons. The molecule has 0 unspecified atom stereocenters. The lowest BCUT2D eigenvalue weighted by molar-refractivity contribution is -0.138. The van der Waals surface area contributed by atoms with Gasteiger partial charge in [-0.2, -0.15) is 0 Å². The summed E-state index contributed by atoms with van der Waals surface area (Å²) in [5, 5.41) is 2.81. The number of allylic oxidation sites excluding steroid dienone is 1. The molecule has 0 bridgehead atoms. The van der Waals surface area contributed by atoms with Crippen LogP contribution in [0.25, 0.3) is 0 Å². The van der Waals surface area contributed by atoms with Gasteiger partial charge in [0.15, 0.2) is 0 Å². The summed E-state index contributed by atoms with van der Waals surface area (Å²) in [5.41, 5.74) is 12.8. The minimum atomic E-state index is -0.0861. The third-order valence-corrected chi connectivity index (χ3v) is 6.01. The smallest absolute Gasteiger partial charge is 0.239 e. The Kier molecular flexibility index (Phi) is 9.03. The van der Waals surface area contributed by atoms with Gasteiger partial charge in [-0.3, -0.25) is 19.4 Å². The second-order valence-electron chi connectivity index (χ2n) is 8.57. The number of piperidine rings is 1. The molecule has 0 saturated carbocycles. The van der Waals surface area contributed by atoms with Crippen molar-refractivity contribution in [2.24, 2.45) is 17.4 Å². The topological polar surface area (TPSA) is 121 Å². The van der Waals surface area contributed by atoms with Crippen LogP contribution in [0.4, 0.5) is 5.82 Å². The second-order valence-corrected chi connectivity index (χ2v) is 8.57. The van der Waals surface area contributed by atoms with Crippen molar-refractivity contribution in [2.45, 2.75) is 12.8 Å². The summed E-state index contributed by atoms with van der Waals surface area (Å²) in [5.74, 6) is 0.761. The number of carbonyl (C=O) groups excluding carboxylic acids is 2. The zero-order chi connectivity index (χ0) is 23.6. The maximum Gasteiger partial charge on any atom is 0.239 e. The molecule has 3 heterocycles. The molecule has 5 N–H and O–H groups in total. The fourth-order valence-corrected chi connectivity index (χ4v) is 4.31. The van der Waals surface area contributed by atoms with Crippen molar-refractivity contribution in [1.29, 1.82) is 0 Å². The van der Waals surface area contributed by atoms with E-state index in [2.05, 4.69) is 26.7 Å². The molecular weight excluding hydrogens is 418 g/mol. The summed E-state index contributed by atoms with van der Waals surface area (Å²) in [6, 6.07) is 5.41. The van der Waals surface area contributed by atoms with E-state index in [1.54, 1.807) is 12.3 Å². The number of nitrogens with one attached hydrogen (secondary N) is 1. The first kappa shape index (κ1) is 24.5. The standard InChI is InChI=1S/C24H35N7O2/c1-19(26)16-20(5-8-25)17-29-10-6-21(7-11-29)24(33)31-14-12-30(13-15-31)18-23(32)28-22-4-2-3-9-27-22/h2-5,8-9,16,21H,1,6-7,10-15,17-18,25-26H2,(H,27,28,32)/b8-5-,20-16+. The molecule has 2 aliphatic heterocycles. The highest BCUT2D eigenvalue weighted by Gasteiger charge is 2.30. The van der Waals surface area contributed by atoms with E-state index >= 15 is 0 Å². The van der Waals surface area contributed by atoms with E-state index in [9.17, 15) is 9.59 Å². The first-order valence-corrected chi connectivity index (χ1v) is 11.4. The summed E-state index contributed by atoms with van der Waals surface area (Å²) >= 11 is 0. The normalized spacial score (nSPS) is 19.0. The van der Waals surface area contributed by atoms with Crippen LogP contribution < -0.4 is 16.8 Å². The van der Waals surface area contributed by atoms with Gasteiger partial charge in [0.05, 0.1) is 6.54 Å². The van der Waals surface area contributed by atoms with Gasteiger partial charge in [-0.05, 0) is 62.0 Å². The van der Waals surface area contributed by atoms with Crippen LogP contribution in [0.15, 0.2) is 60.6 Å². The highest BCUT2D eigenvalue weighted by Crippen LogP contribution is 2.21. The summed E-state index contributed by atoms with van der Waals surface area (Å²) < 4.78 is 0. The molecule has 9 heteroatoms. The number of nitrogens with zero attached hydrogens (tertiary/aromatic N) is 4. The van der Waals surface area contributed by atoms with Crippen LogP contribution in [-0.4, -0.2) is 83.9 Å². The number of carbonyl (C=O) groups is 2. The van der Waals surface area contributed by atoms with Crippen LogP contribution in [-0.2, 0) is 9.59 Å². The number of piperazine rings is 1. The quantitative estimate of drug-likeness (QED) is 0.497. The lowest BCUT2D eigenvalue weighted by Crippen LogP contribution is -2.52. The minimum Gasteiger partial charge on any atom is -0.405 e. The van der Waals surface area contributed by atoms with E-state index in [1.807, 2.05) is 29.2 Å². The zero-order valence-electron chi connectivity index (χ0n) is 19.2. The van der Waals surface area contributed by atoms with Crippen LogP contribution >= 0.6 is 0 Å². The third-order valence-electron chi connectivity index (χ3n) is 6.01. The van der Waals surface area contributed by atoms with Crippen LogP contribution in [0.2, 0.25) is 0 Å². The number of amides is 2. The van der Waals surface area contributed by atoms with E-state index in [-0.39, 0.29) is 17.7 Å². The molecular formula is C24H35N7O2. The molecule has 1 aromatic heterocycles. The molecule has 2 amide bonds. The number of rotatable bonds is 8. The number of hydrogen-bond donors (Lipinski definition) is 3. The van der Waals surface area contributed by atoms with Crippen LogP contribution in [0.1, 0.15) is 12.8 Å². The summed E-state index contributed by atoms with van der Waals surface area (Å²) in [6.07, 6.45) is 8.51. The fourth-order valence-electron chi connectivity index (χ4n) is 4.31. The summed E-state index contributed by atoms with van der Waals surface area (Å²) in [4.78, 5) is 35.7. The molecule has 178 valence electrons. The lowest BCUT2D eigenvalue weighted by atomic mass is 9.94. The number of hydrogen-bond acceptors (Lipinski definition) is 7. The molecule has 2 saturated heterocycles. The van der Waals surface area contributed by atoms with Gasteiger partial charge in [-0.1, -0.05) is 12.6 Å². The fraction of sp³-hybridized carbons (Fsp3) is 0.458. The summed E-state index contributed by atoms with van der Waals surface area (Å²) in [7, 11) is 0. The van der Waals surface area contributed by atoms with Crippen LogP contribution in [0.5, 0.6) is 0 Å². The monoisotopic (exact) mass is 453 g/mol. The van der Waals surface area contributed by atoms with Crippen LogP contribution in [0, 0.1) is 5.92 Å². The van der Waals surface area contributed by atoms with E-state index in [0.717, 1.165) is 38.0 Å². The Morgan fingerprint density at radius 1 is 1.09 bits per heavy atom. The number of aromatic nitrogens is 1. The van der Waals surface area contributed by atoms with Crippen molar-refractivity contribution < 1.29 is 9.59 Å². The van der Waals surface area contributed by atoms with Gasteiger partial charge in [0, 0.05) is 50.5 Å². The molecule has 3 rings (SSSR count). The molecule has 0 aliphatic carbocycles. The molecule has 1 aromatic rings. The Hall–Kier alpha value is -3.17. The van der Waals surface area contributed by atoms with Gasteiger partial charge < -0.3 is 21.7 Å². The van der Waals surface area contributed by atoms with Crippen molar-refractivity contribution in [3.8, 4) is 0 Å². The maximum atomic E-state index is 13.0. The van der Waals surface area contributed by atoms with Crippen molar-refractivity contribution in [1.82, 2.24) is 19.7 Å². The van der Waals surface area contributed by atoms with E-state index in [1.165, 1.54) is 6.20 Å². The second kappa shape index (κ2) is 12.2. The third kappa shape index (κ3) is 7.73. The minimum absolute atomic E-state index is 0.0576. The number of likely N-dealkylation sites (tertiary alicyclic amines) is 1. The van der Waals surface area contributed by atoms with Crippen molar-refractivity contribution in [2.75, 3.05) is 57.7 Å². The van der Waals surface area contributed by atoms with Crippen molar-refractivity contribution >= 4 is 17.6 Å². The Balaban J connectivity index is 1.39. The number of nitrogens with two attached hydrogens (primary N) is 2. The molecule has 2 aliphatic rings. The van der Waals surface area contributed by atoms with Gasteiger partial charge in [0.2, 0.25) is 11.8 Å². The first-order chi connectivity index (χ1) is 15.9. The molecule has 9 nitrogen and oxygen atoms in total. The van der Waals surface area contributed by atoms with E-state index in [4.69, 9.17) is 11.5 Å². The van der Waals surface area contributed by atoms with Gasteiger partial charge in [-0.25, -0.2) is 4.98 Å². The zero-order valence-corrected chi connectivity index (χ0v) is 19.2. The molecule has 0 spiro atoms. The Morgan fingerprint density at radius 3 is 2.39 bits per heavy atom. The van der Waals surface area contributed by atoms with Crippen LogP contribution in [0.3, 0.4) is 0 Å².